The minimum atomic E-state index is -4.59. The average molecular weight is 670 g/mol. The van der Waals surface area contributed by atoms with Crippen molar-refractivity contribution in [3.63, 3.8) is 0 Å². The third-order valence-electron chi connectivity index (χ3n) is 7.83. The Bertz CT molecular complexity index is 1550. The Balaban J connectivity index is 1.45. The van der Waals surface area contributed by atoms with Crippen molar-refractivity contribution in [1.82, 2.24) is 33.1 Å². The summed E-state index contributed by atoms with van der Waals surface area (Å²) in [5.41, 5.74) is 1.64. The first-order chi connectivity index (χ1) is 19.0. The molecule has 216 valence electrons. The first kappa shape index (κ1) is 27.5. The molecule has 13 heteroatoms. The molecule has 0 aliphatic carbocycles. The van der Waals surface area contributed by atoms with Crippen LogP contribution in [0.5, 0.6) is 0 Å². The molecule has 0 bridgehead atoms. The van der Waals surface area contributed by atoms with Crippen LogP contribution in [0.25, 0.3) is 22.2 Å². The van der Waals surface area contributed by atoms with E-state index in [1.165, 1.54) is 0 Å². The quantitative estimate of drug-likeness (QED) is 0.138. The predicted molar refractivity (Wildman–Crippen MR) is 139 cm³/mol. The number of nitrogens with one attached hydrogen (secondary N) is 1. The van der Waals surface area contributed by atoms with E-state index in [2.05, 4.69) is 38.4 Å². The van der Waals surface area contributed by atoms with Gasteiger partial charge in [-0.3, -0.25) is 0 Å². The van der Waals surface area contributed by atoms with Crippen molar-refractivity contribution in [3.05, 3.63) is 57.4 Å². The Kier molecular flexibility index (Phi) is 6.91. The number of fused-ring (bicyclic) bond motifs is 1. The van der Waals surface area contributed by atoms with Gasteiger partial charge in [-0.2, -0.15) is 0 Å². The number of benzene rings is 1. The second kappa shape index (κ2) is 10.0. The Morgan fingerprint density at radius 1 is 1.20 bits per heavy atom. The van der Waals surface area contributed by atoms with Gasteiger partial charge in [-0.1, -0.05) is 0 Å². The molecule has 2 saturated heterocycles. The van der Waals surface area contributed by atoms with Crippen molar-refractivity contribution in [2.75, 3.05) is 42.8 Å². The fraction of sp³-hybridized carbons (Fsp3) is 0.481. The number of hydrogen-bond acceptors (Lipinski definition) is 7. The van der Waals surface area contributed by atoms with Crippen molar-refractivity contribution in [2.24, 2.45) is 7.05 Å². The van der Waals surface area contributed by atoms with Crippen molar-refractivity contribution < 1.29 is 41.4 Å². The summed E-state index contributed by atoms with van der Waals surface area (Å²) in [4.78, 5) is 8.42. The summed E-state index contributed by atoms with van der Waals surface area (Å²) >= 11 is -3.16. The molecule has 2 aliphatic rings. The molecule has 3 aromatic heterocycles. The molecule has 0 spiro atoms. The predicted octanol–water partition coefficient (Wildman–Crippen LogP) is 0.508. The molecule has 1 N–H and O–H groups in total. The number of ether oxygens (including phenoxy) is 2. The molecule has 0 radical (unpaired) electrons. The monoisotopic (exact) mass is 670 g/mol. The zero-order valence-corrected chi connectivity index (χ0v) is 25.0. The molecular formula is C27H32F3IN7O2-. The number of aromatic nitrogens is 6. The van der Waals surface area contributed by atoms with Crippen molar-refractivity contribution in [1.29, 1.82) is 0 Å². The van der Waals surface area contributed by atoms with Crippen LogP contribution in [0.2, 0.25) is 0 Å². The molecule has 5 heterocycles. The number of H-pyrrole nitrogens is 1. The van der Waals surface area contributed by atoms with Crippen molar-refractivity contribution in [2.45, 2.75) is 31.0 Å². The summed E-state index contributed by atoms with van der Waals surface area (Å²) in [5, 5.41) is 16.3. The van der Waals surface area contributed by atoms with Gasteiger partial charge in [0.25, 0.3) is 0 Å². The van der Waals surface area contributed by atoms with Gasteiger partial charge in [0, 0.05) is 0 Å². The molecule has 4 aromatic rings. The van der Waals surface area contributed by atoms with Gasteiger partial charge in [0.2, 0.25) is 0 Å². The molecule has 40 heavy (non-hydrogen) atoms. The third-order valence-corrected chi connectivity index (χ3v) is 15.4. The van der Waals surface area contributed by atoms with E-state index in [-0.39, 0.29) is 11.5 Å². The number of alkyl halides is 5. The Labute approximate surface area is 234 Å². The molecule has 2 aliphatic heterocycles. The van der Waals surface area contributed by atoms with Crippen LogP contribution in [0, 0.1) is 3.70 Å². The second-order valence-electron chi connectivity index (χ2n) is 10.9. The van der Waals surface area contributed by atoms with Gasteiger partial charge in [0.15, 0.2) is 0 Å². The molecule has 2 fully saturated rings. The van der Waals surface area contributed by atoms with Crippen LogP contribution in [-0.4, -0.2) is 81.9 Å². The number of aromatic amines is 1. The summed E-state index contributed by atoms with van der Waals surface area (Å²) in [7, 11) is 1.90. The fourth-order valence-corrected chi connectivity index (χ4v) is 11.6. The number of hydrogen-bond donors (Lipinski definition) is 1. The van der Waals surface area contributed by atoms with Crippen LogP contribution in [0.1, 0.15) is 24.0 Å². The molecular weight excluding hydrogens is 638 g/mol. The zero-order chi connectivity index (χ0) is 28.3. The van der Waals surface area contributed by atoms with E-state index in [0.717, 1.165) is 23.0 Å². The molecule has 0 saturated carbocycles. The molecule has 0 unspecified atom stereocenters. The van der Waals surface area contributed by atoms with E-state index in [1.54, 1.807) is 6.33 Å². The van der Waals surface area contributed by atoms with Crippen LogP contribution in [0.4, 0.5) is 13.2 Å². The number of nitrogens with zero attached hydrogens (tertiary/aromatic N) is 6. The molecule has 1 atom stereocenters. The summed E-state index contributed by atoms with van der Waals surface area (Å²) in [5.74, 6) is 0.843. The first-order valence-corrected chi connectivity index (χ1v) is 19.3. The summed E-state index contributed by atoms with van der Waals surface area (Å²) < 4.78 is 58.6. The Morgan fingerprint density at radius 2 is 2.00 bits per heavy atom. The van der Waals surface area contributed by atoms with Crippen molar-refractivity contribution >= 4 is 10.9 Å². The van der Waals surface area contributed by atoms with Crippen LogP contribution in [0.15, 0.2) is 36.7 Å². The van der Waals surface area contributed by atoms with E-state index in [0.29, 0.717) is 59.6 Å². The molecule has 6 rings (SSSR count). The maximum absolute atomic E-state index is 14.2. The average Bonchev–Trinajstić information content (AvgIpc) is 3.51. The number of pyridine rings is 1. The van der Waals surface area contributed by atoms with Gasteiger partial charge in [-0.15, -0.1) is 0 Å². The van der Waals surface area contributed by atoms with Crippen LogP contribution < -0.4 is 18.7 Å². The molecule has 1 aromatic carbocycles. The van der Waals surface area contributed by atoms with Gasteiger partial charge in [0.1, 0.15) is 0 Å². The van der Waals surface area contributed by atoms with Gasteiger partial charge in [-0.25, -0.2) is 0 Å². The minimum absolute atomic E-state index is 0.0161. The summed E-state index contributed by atoms with van der Waals surface area (Å²) in [6.07, 6.45) is -2.26. The van der Waals surface area contributed by atoms with Gasteiger partial charge in [-0.05, 0) is 0 Å². The standard InChI is InChI=1S/C27H32F3IN7O2/c1-17-13-38(8-9-40-17)31(2,3)25-24-20(11-21(33-25)27(28,29)30)23(35-36-24)18-6-5-7-19(10-18)26(14-39-15-26)12-22-34-32-16-37(22)4/h5-7,10-11,16-17H,8-9,12-15H2,1-4H3,(H,35,36)/q-1/t17-/m0/s1. The Hall–Kier alpha value is -2.62. The Morgan fingerprint density at radius 3 is 2.65 bits per heavy atom. The number of morpholine rings is 1. The van der Waals surface area contributed by atoms with Crippen LogP contribution in [0.3, 0.4) is 0 Å². The van der Waals surface area contributed by atoms with Gasteiger partial charge >= 0.3 is 235 Å². The maximum atomic E-state index is 14.2. The van der Waals surface area contributed by atoms with E-state index in [4.69, 9.17) is 9.47 Å². The van der Waals surface area contributed by atoms with E-state index in [1.807, 2.05) is 42.8 Å². The van der Waals surface area contributed by atoms with E-state index >= 15 is 0 Å². The van der Waals surface area contributed by atoms with Gasteiger partial charge < -0.3 is 0 Å². The fourth-order valence-electron chi connectivity index (χ4n) is 5.44. The number of aryl methyl sites for hydroxylation is 1. The topological polar surface area (TPSA) is 94.0 Å². The SMILES string of the molecule is C[C@H]1CN([I-](C)(C)c2nc(C(F)(F)F)cc3c(-c4cccc(C5(Cc6nncn6C)COC5)c4)n[nH]c23)CCO1. The summed E-state index contributed by atoms with van der Waals surface area (Å²) in [6, 6.07) is 8.98. The van der Waals surface area contributed by atoms with Crippen LogP contribution in [-0.2, 0) is 34.5 Å². The first-order valence-electron chi connectivity index (χ1n) is 13.0. The number of halogens is 4. The zero-order valence-electron chi connectivity index (χ0n) is 22.8. The van der Waals surface area contributed by atoms with E-state index in [9.17, 15) is 13.2 Å². The second-order valence-corrected chi connectivity index (χ2v) is 20.0. The van der Waals surface area contributed by atoms with E-state index < -0.39 is 30.6 Å². The molecule has 9 nitrogen and oxygen atoms in total. The molecule has 0 amide bonds. The summed E-state index contributed by atoms with van der Waals surface area (Å²) in [6.45, 7) is 4.93. The van der Waals surface area contributed by atoms with Crippen LogP contribution >= 0.6 is 0 Å². The normalized spacial score (nSPS) is 20.5. The van der Waals surface area contributed by atoms with Gasteiger partial charge in [0.05, 0.1) is 0 Å². The number of rotatable bonds is 6. The third kappa shape index (κ3) is 4.80. The van der Waals surface area contributed by atoms with Crippen molar-refractivity contribution in [3.8, 4) is 11.3 Å².